The van der Waals surface area contributed by atoms with Crippen LogP contribution in [0.1, 0.15) is 74.8 Å². The van der Waals surface area contributed by atoms with Crippen LogP contribution in [0.4, 0.5) is 0 Å². The van der Waals surface area contributed by atoms with Gasteiger partial charge in [-0.2, -0.15) is 0 Å². The number of ether oxygens (including phenoxy) is 3. The van der Waals surface area contributed by atoms with Crippen molar-refractivity contribution in [2.24, 2.45) is 0 Å². The lowest BCUT2D eigenvalue weighted by atomic mass is 9.70. The van der Waals surface area contributed by atoms with E-state index in [-0.39, 0.29) is 23.5 Å². The molecule has 3 aliphatic rings. The highest BCUT2D eigenvalue weighted by Gasteiger charge is 2.45. The summed E-state index contributed by atoms with van der Waals surface area (Å²) in [6.07, 6.45) is 9.32. The summed E-state index contributed by atoms with van der Waals surface area (Å²) in [7, 11) is 1.66. The Kier molecular flexibility index (Phi) is 6.42. The summed E-state index contributed by atoms with van der Waals surface area (Å²) in [5, 5.41) is 3.80. The zero-order chi connectivity index (χ0) is 22.8. The van der Waals surface area contributed by atoms with E-state index < -0.39 is 0 Å². The summed E-state index contributed by atoms with van der Waals surface area (Å²) in [4.78, 5) is 13.1. The van der Waals surface area contributed by atoms with Crippen molar-refractivity contribution in [2.45, 2.75) is 82.0 Å². The summed E-state index contributed by atoms with van der Waals surface area (Å²) in [5.74, 6) is 2.48. The lowest BCUT2D eigenvalue weighted by Gasteiger charge is -2.48. The molecule has 6 heteroatoms. The molecule has 2 aromatic carbocycles. The van der Waals surface area contributed by atoms with Gasteiger partial charge in [0.05, 0.1) is 13.2 Å². The minimum absolute atomic E-state index is 0.0249. The molecule has 1 heterocycles. The molecule has 33 heavy (non-hydrogen) atoms. The third-order valence-electron chi connectivity index (χ3n) is 7.40. The molecule has 0 radical (unpaired) electrons. The Labute approximate surface area is 200 Å². The number of methoxy groups -OCH3 is 1. The molecule has 5 rings (SSSR count). The van der Waals surface area contributed by atoms with Gasteiger partial charge in [0, 0.05) is 29.5 Å². The maximum absolute atomic E-state index is 13.1. The number of para-hydroxylation sites is 1. The quantitative estimate of drug-likeness (QED) is 0.527. The van der Waals surface area contributed by atoms with E-state index in [9.17, 15) is 4.79 Å². The molecule has 0 bridgehead atoms. The van der Waals surface area contributed by atoms with E-state index in [1.807, 2.05) is 36.4 Å². The molecule has 2 saturated carbocycles. The summed E-state index contributed by atoms with van der Waals surface area (Å²) < 4.78 is 18.2. The minimum Gasteiger partial charge on any atom is -0.493 e. The maximum Gasteiger partial charge on any atom is 0.220 e. The first-order valence-corrected chi connectivity index (χ1v) is 12.5. The van der Waals surface area contributed by atoms with E-state index >= 15 is 0 Å². The molecule has 1 amide bonds. The third-order valence-corrected chi connectivity index (χ3v) is 7.63. The number of hydrogen-bond acceptors (Lipinski definition) is 4. The zero-order valence-electron chi connectivity index (χ0n) is 19.2. The fourth-order valence-electron chi connectivity index (χ4n) is 5.48. The van der Waals surface area contributed by atoms with Gasteiger partial charge in [0.1, 0.15) is 11.4 Å². The van der Waals surface area contributed by atoms with Crippen LogP contribution in [-0.4, -0.2) is 24.7 Å². The molecule has 0 saturated heterocycles. The predicted octanol–water partition coefficient (Wildman–Crippen LogP) is 6.17. The highest BCUT2D eigenvalue weighted by atomic mass is 35.5. The van der Waals surface area contributed by atoms with Gasteiger partial charge in [-0.25, -0.2) is 0 Å². The van der Waals surface area contributed by atoms with Crippen LogP contribution in [0.15, 0.2) is 36.4 Å². The Morgan fingerprint density at radius 2 is 2.00 bits per heavy atom. The number of fused-ring (bicyclic) bond motifs is 1. The van der Waals surface area contributed by atoms with E-state index in [2.05, 4.69) is 5.32 Å². The standard InChI is InChI=1S/C27H32ClNO4/c1-31-24-9-4-6-18(26(24)32-21-7-2-3-8-21)17-29-25(30)14-19-16-27(12-5-13-27)33-23-11-10-20(28)15-22(19)23/h4,6,9-11,15,19,21H,2-3,5,7-8,12-14,16-17H2,1H3,(H,29,30). The van der Waals surface area contributed by atoms with Gasteiger partial charge in [0.2, 0.25) is 5.91 Å². The first kappa shape index (κ1) is 22.4. The highest BCUT2D eigenvalue weighted by Crippen LogP contribution is 2.51. The molecule has 2 aromatic rings. The van der Waals surface area contributed by atoms with E-state index in [4.69, 9.17) is 25.8 Å². The third kappa shape index (κ3) is 4.79. The molecule has 2 aliphatic carbocycles. The van der Waals surface area contributed by atoms with Crippen molar-refractivity contribution in [1.29, 1.82) is 0 Å². The second-order valence-electron chi connectivity index (χ2n) is 9.68. The number of halogens is 1. The fraction of sp³-hybridized carbons (Fsp3) is 0.519. The van der Waals surface area contributed by atoms with Crippen LogP contribution in [0.2, 0.25) is 5.02 Å². The van der Waals surface area contributed by atoms with Crippen molar-refractivity contribution in [3.05, 3.63) is 52.5 Å². The lowest BCUT2D eigenvalue weighted by molar-refractivity contribution is -0.122. The second-order valence-corrected chi connectivity index (χ2v) is 10.1. The molecule has 0 aromatic heterocycles. The van der Waals surface area contributed by atoms with Gasteiger partial charge in [-0.3, -0.25) is 4.79 Å². The van der Waals surface area contributed by atoms with Crippen LogP contribution in [0, 0.1) is 0 Å². The Morgan fingerprint density at radius 1 is 1.18 bits per heavy atom. The summed E-state index contributed by atoms with van der Waals surface area (Å²) in [6.45, 7) is 0.412. The lowest BCUT2D eigenvalue weighted by Crippen LogP contribution is -2.47. The Balaban J connectivity index is 1.28. The topological polar surface area (TPSA) is 56.8 Å². The van der Waals surface area contributed by atoms with Crippen LogP contribution in [0.25, 0.3) is 0 Å². The summed E-state index contributed by atoms with van der Waals surface area (Å²) in [5.41, 5.74) is 1.88. The molecule has 1 atom stereocenters. The van der Waals surface area contributed by atoms with Gasteiger partial charge in [0.25, 0.3) is 0 Å². The molecule has 5 nitrogen and oxygen atoms in total. The Morgan fingerprint density at radius 3 is 2.73 bits per heavy atom. The molecule has 2 fully saturated rings. The van der Waals surface area contributed by atoms with Crippen molar-refractivity contribution < 1.29 is 19.0 Å². The smallest absolute Gasteiger partial charge is 0.220 e. The van der Waals surface area contributed by atoms with Crippen LogP contribution < -0.4 is 19.5 Å². The summed E-state index contributed by atoms with van der Waals surface area (Å²) in [6, 6.07) is 11.6. The van der Waals surface area contributed by atoms with Crippen LogP contribution >= 0.6 is 11.6 Å². The number of amides is 1. The largest absolute Gasteiger partial charge is 0.493 e. The van der Waals surface area contributed by atoms with Crippen molar-refractivity contribution in [1.82, 2.24) is 5.32 Å². The average Bonchev–Trinajstić information content (AvgIpc) is 3.30. The van der Waals surface area contributed by atoms with Crippen LogP contribution in [0.5, 0.6) is 17.2 Å². The molecule has 1 N–H and O–H groups in total. The van der Waals surface area contributed by atoms with Gasteiger partial charge in [-0.05, 0) is 81.2 Å². The molecule has 176 valence electrons. The van der Waals surface area contributed by atoms with Gasteiger partial charge >= 0.3 is 0 Å². The number of nitrogens with one attached hydrogen (secondary N) is 1. The van der Waals surface area contributed by atoms with Crippen molar-refractivity contribution in [2.75, 3.05) is 7.11 Å². The highest BCUT2D eigenvalue weighted by molar-refractivity contribution is 6.30. The van der Waals surface area contributed by atoms with Crippen molar-refractivity contribution in [3.8, 4) is 17.2 Å². The Hall–Kier alpha value is -2.40. The number of hydrogen-bond donors (Lipinski definition) is 1. The number of carbonyl (C=O) groups excluding carboxylic acids is 1. The summed E-state index contributed by atoms with van der Waals surface area (Å²) >= 11 is 6.27. The Bertz CT molecular complexity index is 1010. The van der Waals surface area contributed by atoms with Gasteiger partial charge in [0.15, 0.2) is 11.5 Å². The first-order valence-electron chi connectivity index (χ1n) is 12.1. The van der Waals surface area contributed by atoms with Gasteiger partial charge < -0.3 is 19.5 Å². The molecule has 1 aliphatic heterocycles. The molecular weight excluding hydrogens is 438 g/mol. The van der Waals surface area contributed by atoms with Gasteiger partial charge in [-0.15, -0.1) is 0 Å². The van der Waals surface area contributed by atoms with Crippen LogP contribution in [-0.2, 0) is 11.3 Å². The fourth-order valence-corrected chi connectivity index (χ4v) is 5.66. The minimum atomic E-state index is -0.110. The number of carbonyl (C=O) groups is 1. The normalized spacial score (nSPS) is 21.1. The van der Waals surface area contributed by atoms with E-state index in [0.29, 0.717) is 23.7 Å². The second kappa shape index (κ2) is 9.46. The van der Waals surface area contributed by atoms with E-state index in [0.717, 1.165) is 54.7 Å². The number of rotatable bonds is 7. The SMILES string of the molecule is COc1cccc(CNC(=O)CC2CC3(CCC3)Oc3ccc(Cl)cc32)c1OC1CCCC1. The predicted molar refractivity (Wildman–Crippen MR) is 128 cm³/mol. The van der Waals surface area contributed by atoms with Crippen molar-refractivity contribution in [3.63, 3.8) is 0 Å². The van der Waals surface area contributed by atoms with E-state index in [1.165, 1.54) is 19.3 Å². The molecular formula is C27H32ClNO4. The first-order chi connectivity index (χ1) is 16.0. The van der Waals surface area contributed by atoms with Gasteiger partial charge in [-0.1, -0.05) is 23.7 Å². The maximum atomic E-state index is 13.1. The monoisotopic (exact) mass is 469 g/mol. The van der Waals surface area contributed by atoms with Crippen molar-refractivity contribution >= 4 is 17.5 Å². The average molecular weight is 470 g/mol. The zero-order valence-corrected chi connectivity index (χ0v) is 20.0. The number of benzene rings is 2. The van der Waals surface area contributed by atoms with E-state index in [1.54, 1.807) is 7.11 Å². The molecule has 1 unspecified atom stereocenters. The van der Waals surface area contributed by atoms with Crippen LogP contribution in [0.3, 0.4) is 0 Å². The molecule has 1 spiro atoms.